The first-order valence-electron chi connectivity index (χ1n) is 5.87. The molecule has 5 heteroatoms. The van der Waals surface area contributed by atoms with Crippen LogP contribution in [-0.4, -0.2) is 40.0 Å². The molecule has 0 unspecified atom stereocenters. The Balaban J connectivity index is 1.88. The van der Waals surface area contributed by atoms with E-state index in [1.807, 2.05) is 11.8 Å². The van der Waals surface area contributed by atoms with Crippen LogP contribution in [0.5, 0.6) is 5.88 Å². The fourth-order valence-corrected chi connectivity index (χ4v) is 1.96. The molecule has 1 aliphatic heterocycles. The highest BCUT2D eigenvalue weighted by molar-refractivity contribution is 5.73. The summed E-state index contributed by atoms with van der Waals surface area (Å²) in [6.07, 6.45) is 3.58. The van der Waals surface area contributed by atoms with Gasteiger partial charge in [-0.2, -0.15) is 4.98 Å². The number of likely N-dealkylation sites (tertiary alicyclic amines) is 1. The third-order valence-corrected chi connectivity index (χ3v) is 2.93. The zero-order valence-electron chi connectivity index (χ0n) is 10.2. The smallest absolute Gasteiger partial charge is 0.219 e. The van der Waals surface area contributed by atoms with E-state index in [0.717, 1.165) is 25.9 Å². The van der Waals surface area contributed by atoms with Gasteiger partial charge in [0.2, 0.25) is 11.8 Å². The number of hydrogen-bond donors (Lipinski definition) is 0. The number of nitrogens with zero attached hydrogens (tertiary/aromatic N) is 3. The third kappa shape index (κ3) is 3.15. The van der Waals surface area contributed by atoms with Crippen molar-refractivity contribution < 1.29 is 9.53 Å². The Labute approximate surface area is 101 Å². The summed E-state index contributed by atoms with van der Waals surface area (Å²) in [5.74, 6) is 1.48. The highest BCUT2D eigenvalue weighted by atomic mass is 16.5. The number of aromatic nitrogens is 2. The molecule has 0 aliphatic carbocycles. The molecule has 1 saturated heterocycles. The van der Waals surface area contributed by atoms with E-state index in [4.69, 9.17) is 4.74 Å². The molecule has 1 fully saturated rings. The lowest BCUT2D eigenvalue weighted by Crippen LogP contribution is -2.40. The predicted molar refractivity (Wildman–Crippen MR) is 62.7 cm³/mol. The summed E-state index contributed by atoms with van der Waals surface area (Å²) >= 11 is 0. The van der Waals surface area contributed by atoms with Crippen molar-refractivity contribution in [3.63, 3.8) is 0 Å². The monoisotopic (exact) mass is 235 g/mol. The zero-order valence-corrected chi connectivity index (χ0v) is 10.2. The first kappa shape index (κ1) is 11.8. The fourth-order valence-electron chi connectivity index (χ4n) is 1.96. The van der Waals surface area contributed by atoms with Gasteiger partial charge < -0.3 is 9.64 Å². The summed E-state index contributed by atoms with van der Waals surface area (Å²) in [4.78, 5) is 21.3. The van der Waals surface area contributed by atoms with E-state index in [0.29, 0.717) is 11.7 Å². The lowest BCUT2D eigenvalue weighted by atomic mass is 10.1. The molecule has 2 rings (SSSR count). The van der Waals surface area contributed by atoms with Gasteiger partial charge in [0.05, 0.1) is 0 Å². The zero-order chi connectivity index (χ0) is 12.3. The normalized spacial score (nSPS) is 16.9. The van der Waals surface area contributed by atoms with E-state index in [1.54, 1.807) is 19.2 Å². The minimum Gasteiger partial charge on any atom is -0.474 e. The van der Waals surface area contributed by atoms with Gasteiger partial charge in [0.1, 0.15) is 11.9 Å². The average molecular weight is 235 g/mol. The maximum absolute atomic E-state index is 11.2. The van der Waals surface area contributed by atoms with Gasteiger partial charge in [-0.05, 0) is 6.92 Å². The van der Waals surface area contributed by atoms with Gasteiger partial charge in [-0.25, -0.2) is 4.98 Å². The first-order chi connectivity index (χ1) is 8.15. The molecule has 0 atom stereocenters. The quantitative estimate of drug-likeness (QED) is 0.772. The van der Waals surface area contributed by atoms with Crippen molar-refractivity contribution in [3.05, 3.63) is 18.1 Å². The van der Waals surface area contributed by atoms with Crippen molar-refractivity contribution in [2.45, 2.75) is 32.8 Å². The predicted octanol–water partition coefficient (Wildman–Crippen LogP) is 1.17. The van der Waals surface area contributed by atoms with Crippen LogP contribution in [0, 0.1) is 6.92 Å². The molecular weight excluding hydrogens is 218 g/mol. The highest BCUT2D eigenvalue weighted by Gasteiger charge is 2.22. The van der Waals surface area contributed by atoms with Crippen LogP contribution in [0.15, 0.2) is 12.3 Å². The van der Waals surface area contributed by atoms with E-state index < -0.39 is 0 Å². The first-order valence-corrected chi connectivity index (χ1v) is 5.87. The van der Waals surface area contributed by atoms with Crippen molar-refractivity contribution in [1.82, 2.24) is 14.9 Å². The van der Waals surface area contributed by atoms with Gasteiger partial charge >= 0.3 is 0 Å². The molecular formula is C12H17N3O2. The molecule has 1 aromatic rings. The molecule has 0 N–H and O–H groups in total. The topological polar surface area (TPSA) is 55.3 Å². The number of rotatable bonds is 2. The molecule has 0 bridgehead atoms. The number of aryl methyl sites for hydroxylation is 1. The minimum absolute atomic E-state index is 0.140. The van der Waals surface area contributed by atoms with Crippen LogP contribution in [0.4, 0.5) is 0 Å². The molecule has 92 valence electrons. The number of piperidine rings is 1. The molecule has 0 spiro atoms. The molecule has 1 aromatic heterocycles. The minimum atomic E-state index is 0.140. The molecule has 1 aliphatic rings. The van der Waals surface area contributed by atoms with E-state index in [-0.39, 0.29) is 12.0 Å². The molecule has 0 radical (unpaired) electrons. The maximum Gasteiger partial charge on any atom is 0.219 e. The second kappa shape index (κ2) is 5.12. The number of carbonyl (C=O) groups is 1. The SMILES string of the molecule is CC(=O)N1CCC(Oc2ccnc(C)n2)CC1. The largest absolute Gasteiger partial charge is 0.474 e. The lowest BCUT2D eigenvalue weighted by molar-refractivity contribution is -0.130. The average Bonchev–Trinajstić information content (AvgIpc) is 2.29. The Morgan fingerprint density at radius 3 is 2.76 bits per heavy atom. The van der Waals surface area contributed by atoms with Crippen LogP contribution in [0.2, 0.25) is 0 Å². The van der Waals surface area contributed by atoms with Crippen LogP contribution in [0.25, 0.3) is 0 Å². The lowest BCUT2D eigenvalue weighted by Gasteiger charge is -2.31. The Hall–Kier alpha value is -1.65. The van der Waals surface area contributed by atoms with Crippen molar-refractivity contribution in [2.24, 2.45) is 0 Å². The van der Waals surface area contributed by atoms with Crippen molar-refractivity contribution in [1.29, 1.82) is 0 Å². The van der Waals surface area contributed by atoms with Gasteiger partial charge in [0.25, 0.3) is 0 Å². The van der Waals surface area contributed by atoms with Crippen LogP contribution in [-0.2, 0) is 4.79 Å². The Morgan fingerprint density at radius 1 is 1.47 bits per heavy atom. The van der Waals surface area contributed by atoms with E-state index in [2.05, 4.69) is 9.97 Å². The van der Waals surface area contributed by atoms with Gasteiger partial charge in [-0.1, -0.05) is 0 Å². The van der Waals surface area contributed by atoms with Crippen molar-refractivity contribution in [2.75, 3.05) is 13.1 Å². The number of carbonyl (C=O) groups excluding carboxylic acids is 1. The van der Waals surface area contributed by atoms with Crippen LogP contribution < -0.4 is 4.74 Å². The number of amides is 1. The summed E-state index contributed by atoms with van der Waals surface area (Å²) in [5.41, 5.74) is 0. The van der Waals surface area contributed by atoms with Crippen LogP contribution in [0.3, 0.4) is 0 Å². The van der Waals surface area contributed by atoms with Gasteiger partial charge in [0.15, 0.2) is 0 Å². The number of hydrogen-bond acceptors (Lipinski definition) is 4. The van der Waals surface area contributed by atoms with Crippen LogP contribution >= 0.6 is 0 Å². The van der Waals surface area contributed by atoms with Crippen LogP contribution in [0.1, 0.15) is 25.6 Å². The summed E-state index contributed by atoms with van der Waals surface area (Å²) in [7, 11) is 0. The molecule has 1 amide bonds. The Bertz CT molecular complexity index is 400. The summed E-state index contributed by atoms with van der Waals surface area (Å²) < 4.78 is 5.78. The van der Waals surface area contributed by atoms with Gasteiger partial charge in [0, 0.05) is 45.1 Å². The third-order valence-electron chi connectivity index (χ3n) is 2.93. The number of ether oxygens (including phenoxy) is 1. The fraction of sp³-hybridized carbons (Fsp3) is 0.583. The highest BCUT2D eigenvalue weighted by Crippen LogP contribution is 2.16. The van der Waals surface area contributed by atoms with E-state index in [1.165, 1.54) is 0 Å². The van der Waals surface area contributed by atoms with E-state index >= 15 is 0 Å². The molecule has 0 aromatic carbocycles. The second-order valence-electron chi connectivity index (χ2n) is 4.27. The van der Waals surface area contributed by atoms with E-state index in [9.17, 15) is 4.79 Å². The van der Waals surface area contributed by atoms with Gasteiger partial charge in [-0.3, -0.25) is 4.79 Å². The molecule has 0 saturated carbocycles. The van der Waals surface area contributed by atoms with Crippen molar-refractivity contribution >= 4 is 5.91 Å². The Morgan fingerprint density at radius 2 is 2.18 bits per heavy atom. The van der Waals surface area contributed by atoms with Crippen molar-refractivity contribution in [3.8, 4) is 5.88 Å². The molecule has 17 heavy (non-hydrogen) atoms. The molecule has 5 nitrogen and oxygen atoms in total. The summed E-state index contributed by atoms with van der Waals surface area (Å²) in [6.45, 7) is 4.98. The second-order valence-corrected chi connectivity index (χ2v) is 4.27. The summed E-state index contributed by atoms with van der Waals surface area (Å²) in [5, 5.41) is 0. The Kier molecular flexibility index (Phi) is 3.56. The summed E-state index contributed by atoms with van der Waals surface area (Å²) in [6, 6.07) is 1.77. The van der Waals surface area contributed by atoms with Gasteiger partial charge in [-0.15, -0.1) is 0 Å². The maximum atomic E-state index is 11.2. The molecule has 2 heterocycles. The standard InChI is InChI=1S/C12H17N3O2/c1-9-13-6-3-12(14-9)17-11-4-7-15(8-5-11)10(2)16/h3,6,11H,4-5,7-8H2,1-2H3.